The number of nitrogens with one attached hydrogen (secondary N) is 1. The molecule has 0 saturated heterocycles. The molecule has 7 heteroatoms. The summed E-state index contributed by atoms with van der Waals surface area (Å²) in [4.78, 5) is 28.3. The third-order valence-electron chi connectivity index (χ3n) is 4.04. The second-order valence-corrected chi connectivity index (χ2v) is 5.89. The average Bonchev–Trinajstić information content (AvgIpc) is 3.19. The molecule has 0 fully saturated rings. The molecule has 0 aliphatic carbocycles. The molecule has 7 nitrogen and oxygen atoms in total. The number of esters is 1. The van der Waals surface area contributed by atoms with Gasteiger partial charge in [0.15, 0.2) is 0 Å². The molecule has 0 spiro atoms. The first kappa shape index (κ1) is 16.7. The summed E-state index contributed by atoms with van der Waals surface area (Å²) in [5.74, 6) is -0.00101. The van der Waals surface area contributed by atoms with E-state index in [0.29, 0.717) is 28.1 Å². The van der Waals surface area contributed by atoms with Gasteiger partial charge in [-0.05, 0) is 18.2 Å². The van der Waals surface area contributed by atoms with Gasteiger partial charge in [0.2, 0.25) is 5.89 Å². The molecule has 0 bridgehead atoms. The van der Waals surface area contributed by atoms with Crippen LogP contribution in [0.15, 0.2) is 70.1 Å². The highest BCUT2D eigenvalue weighted by molar-refractivity contribution is 5.86. The van der Waals surface area contributed by atoms with Crippen molar-refractivity contribution in [2.75, 3.05) is 0 Å². The van der Waals surface area contributed by atoms with E-state index in [9.17, 15) is 9.59 Å². The average molecular weight is 361 g/mol. The molecule has 0 saturated carbocycles. The molecule has 27 heavy (non-hydrogen) atoms. The van der Waals surface area contributed by atoms with Crippen molar-refractivity contribution in [3.8, 4) is 11.5 Å². The van der Waals surface area contributed by atoms with Gasteiger partial charge in [-0.15, -0.1) is 0 Å². The lowest BCUT2D eigenvalue weighted by molar-refractivity contribution is -0.144. The number of fused-ring (bicyclic) bond motifs is 1. The first-order valence-corrected chi connectivity index (χ1v) is 8.32. The number of ether oxygens (including phenoxy) is 1. The van der Waals surface area contributed by atoms with Gasteiger partial charge in [-0.2, -0.15) is 5.10 Å². The molecule has 0 unspecified atom stereocenters. The van der Waals surface area contributed by atoms with E-state index in [0.717, 1.165) is 5.56 Å². The zero-order valence-corrected chi connectivity index (χ0v) is 14.2. The Morgan fingerprint density at radius 3 is 2.59 bits per heavy atom. The van der Waals surface area contributed by atoms with Crippen LogP contribution in [0.25, 0.3) is 22.2 Å². The van der Waals surface area contributed by atoms with Crippen LogP contribution in [-0.4, -0.2) is 21.2 Å². The van der Waals surface area contributed by atoms with E-state index >= 15 is 0 Å². The van der Waals surface area contributed by atoms with Crippen LogP contribution >= 0.6 is 0 Å². The lowest BCUT2D eigenvalue weighted by atomic mass is 10.1. The smallest absolute Gasteiger partial charge is 0.312 e. The Kier molecular flexibility index (Phi) is 4.49. The van der Waals surface area contributed by atoms with Crippen LogP contribution < -0.4 is 5.56 Å². The van der Waals surface area contributed by atoms with E-state index < -0.39 is 5.97 Å². The standard InChI is InChI=1S/C20H15N3O4/c24-18(10-17-15-8-4-5-9-16(15)19(25)23-22-17)26-11-14-12-27-20(21-14)13-6-2-1-3-7-13/h1-9,12H,10-11H2,(H,23,25). The molecule has 0 aliphatic heterocycles. The summed E-state index contributed by atoms with van der Waals surface area (Å²) < 4.78 is 10.7. The lowest BCUT2D eigenvalue weighted by Crippen LogP contribution is -2.15. The Labute approximate surface area is 153 Å². The molecule has 4 rings (SSSR count). The number of carbonyl (C=O) groups is 1. The number of aromatic amines is 1. The molecule has 0 aliphatic rings. The van der Waals surface area contributed by atoms with Crippen molar-refractivity contribution in [1.29, 1.82) is 0 Å². The van der Waals surface area contributed by atoms with Gasteiger partial charge >= 0.3 is 5.97 Å². The quantitative estimate of drug-likeness (QED) is 0.549. The minimum absolute atomic E-state index is 0.00352. The molecule has 0 amide bonds. The summed E-state index contributed by atoms with van der Waals surface area (Å²) in [5, 5.41) is 7.49. The molecule has 0 radical (unpaired) electrons. The number of oxazole rings is 1. The molecule has 1 N–H and O–H groups in total. The Balaban J connectivity index is 1.43. The number of hydrogen-bond donors (Lipinski definition) is 1. The number of carbonyl (C=O) groups excluding carboxylic acids is 1. The third-order valence-corrected chi connectivity index (χ3v) is 4.04. The fourth-order valence-corrected chi connectivity index (χ4v) is 2.73. The third kappa shape index (κ3) is 3.62. The lowest BCUT2D eigenvalue weighted by Gasteiger charge is -2.05. The van der Waals surface area contributed by atoms with Crippen LogP contribution in [0.5, 0.6) is 0 Å². The van der Waals surface area contributed by atoms with Crippen molar-refractivity contribution in [3.05, 3.63) is 82.6 Å². The van der Waals surface area contributed by atoms with Crippen LogP contribution in [-0.2, 0) is 22.6 Å². The second-order valence-electron chi connectivity index (χ2n) is 5.89. The summed E-state index contributed by atoms with van der Waals surface area (Å²) in [6, 6.07) is 16.4. The summed E-state index contributed by atoms with van der Waals surface area (Å²) in [6.07, 6.45) is 1.41. The number of nitrogens with zero attached hydrogens (tertiary/aromatic N) is 2. The fourth-order valence-electron chi connectivity index (χ4n) is 2.73. The molecule has 134 valence electrons. The van der Waals surface area contributed by atoms with Crippen molar-refractivity contribution in [2.45, 2.75) is 13.0 Å². The molecule has 0 atom stereocenters. The van der Waals surface area contributed by atoms with Crippen molar-refractivity contribution in [2.24, 2.45) is 0 Å². The predicted octanol–water partition coefficient (Wildman–Crippen LogP) is 2.86. The largest absolute Gasteiger partial charge is 0.459 e. The van der Waals surface area contributed by atoms with Crippen molar-refractivity contribution in [1.82, 2.24) is 15.2 Å². The first-order chi connectivity index (χ1) is 13.2. The maximum atomic E-state index is 12.2. The van der Waals surface area contributed by atoms with Gasteiger partial charge in [0, 0.05) is 10.9 Å². The summed E-state index contributed by atoms with van der Waals surface area (Å²) in [5.41, 5.74) is 1.53. The molecule has 2 heterocycles. The highest BCUT2D eigenvalue weighted by Gasteiger charge is 2.13. The topological polar surface area (TPSA) is 98.1 Å². The van der Waals surface area contributed by atoms with Gasteiger partial charge in [-0.1, -0.05) is 36.4 Å². The van der Waals surface area contributed by atoms with Crippen LogP contribution in [0.2, 0.25) is 0 Å². The molecule has 2 aromatic heterocycles. The molecular weight excluding hydrogens is 346 g/mol. The number of H-pyrrole nitrogens is 1. The summed E-state index contributed by atoms with van der Waals surface area (Å²) >= 11 is 0. The minimum atomic E-state index is -0.469. The maximum absolute atomic E-state index is 12.2. The van der Waals surface area contributed by atoms with Crippen LogP contribution in [0, 0.1) is 0 Å². The normalized spacial score (nSPS) is 10.8. The SMILES string of the molecule is O=C(Cc1n[nH]c(=O)c2ccccc12)OCc1coc(-c2ccccc2)n1. The van der Waals surface area contributed by atoms with E-state index in [-0.39, 0.29) is 18.6 Å². The van der Waals surface area contributed by atoms with E-state index in [1.165, 1.54) is 6.26 Å². The van der Waals surface area contributed by atoms with Crippen molar-refractivity contribution < 1.29 is 13.9 Å². The fraction of sp³-hybridized carbons (Fsp3) is 0.100. The number of hydrogen-bond acceptors (Lipinski definition) is 6. The van der Waals surface area contributed by atoms with E-state index in [2.05, 4.69) is 15.2 Å². The maximum Gasteiger partial charge on any atom is 0.312 e. The van der Waals surface area contributed by atoms with Crippen LogP contribution in [0.1, 0.15) is 11.4 Å². The van der Waals surface area contributed by atoms with Crippen molar-refractivity contribution in [3.63, 3.8) is 0 Å². The Morgan fingerprint density at radius 2 is 1.78 bits per heavy atom. The van der Waals surface area contributed by atoms with Gasteiger partial charge in [0.25, 0.3) is 5.56 Å². The predicted molar refractivity (Wildman–Crippen MR) is 97.8 cm³/mol. The first-order valence-electron chi connectivity index (χ1n) is 8.32. The highest BCUT2D eigenvalue weighted by atomic mass is 16.5. The molecule has 2 aromatic carbocycles. The van der Waals surface area contributed by atoms with Gasteiger partial charge < -0.3 is 9.15 Å². The van der Waals surface area contributed by atoms with Gasteiger partial charge in [-0.25, -0.2) is 10.1 Å². The Bertz CT molecular complexity index is 1150. The van der Waals surface area contributed by atoms with Gasteiger partial charge in [-0.3, -0.25) is 9.59 Å². The van der Waals surface area contributed by atoms with E-state index in [1.807, 2.05) is 30.3 Å². The van der Waals surface area contributed by atoms with Gasteiger partial charge in [0.05, 0.1) is 17.5 Å². The monoisotopic (exact) mass is 361 g/mol. The zero-order chi connectivity index (χ0) is 18.6. The van der Waals surface area contributed by atoms with Crippen LogP contribution in [0.4, 0.5) is 0 Å². The van der Waals surface area contributed by atoms with Gasteiger partial charge in [0.1, 0.15) is 18.6 Å². The molecule has 4 aromatic rings. The highest BCUT2D eigenvalue weighted by Crippen LogP contribution is 2.18. The van der Waals surface area contributed by atoms with Crippen LogP contribution in [0.3, 0.4) is 0 Å². The minimum Gasteiger partial charge on any atom is -0.459 e. The van der Waals surface area contributed by atoms with Crippen molar-refractivity contribution >= 4 is 16.7 Å². The summed E-state index contributed by atoms with van der Waals surface area (Å²) in [7, 11) is 0. The zero-order valence-electron chi connectivity index (χ0n) is 14.2. The Hall–Kier alpha value is -3.74. The number of rotatable bonds is 5. The van der Waals surface area contributed by atoms with E-state index in [4.69, 9.17) is 9.15 Å². The number of aromatic nitrogens is 3. The molecular formula is C20H15N3O4. The summed E-state index contributed by atoms with van der Waals surface area (Å²) in [6.45, 7) is -0.00352. The Morgan fingerprint density at radius 1 is 1.04 bits per heavy atom. The second kappa shape index (κ2) is 7.25. The number of benzene rings is 2. The van der Waals surface area contributed by atoms with E-state index in [1.54, 1.807) is 24.3 Å².